The van der Waals surface area contributed by atoms with E-state index in [9.17, 15) is 13.2 Å². The number of anilines is 2. The molecule has 1 aliphatic carbocycles. The van der Waals surface area contributed by atoms with Gasteiger partial charge in [-0.3, -0.25) is 9.36 Å². The number of piperidine rings is 1. The van der Waals surface area contributed by atoms with Gasteiger partial charge in [0.15, 0.2) is 0 Å². The predicted molar refractivity (Wildman–Crippen MR) is 142 cm³/mol. The third-order valence-electron chi connectivity index (χ3n) is 7.88. The minimum Gasteiger partial charge on any atom is -0.324 e. The van der Waals surface area contributed by atoms with Crippen LogP contribution in [-0.2, 0) is 10.0 Å². The number of hydrogen-bond acceptors (Lipinski definition) is 6. The van der Waals surface area contributed by atoms with E-state index in [1.165, 1.54) is 0 Å². The molecule has 1 saturated carbocycles. The monoisotopic (exact) mass is 509 g/mol. The third kappa shape index (κ3) is 4.78. The molecule has 5 rings (SSSR count). The topological polar surface area (TPSA) is 97.2 Å². The van der Waals surface area contributed by atoms with Crippen molar-refractivity contribution >= 4 is 32.7 Å². The molecule has 3 aromatic rings. The van der Waals surface area contributed by atoms with E-state index in [2.05, 4.69) is 24.1 Å². The molecule has 0 bridgehead atoms. The maximum atomic E-state index is 13.3. The molecular weight excluding hydrogens is 474 g/mol. The zero-order chi connectivity index (χ0) is 25.4. The summed E-state index contributed by atoms with van der Waals surface area (Å²) in [7, 11) is -3.54. The average molecular weight is 510 g/mol. The van der Waals surface area contributed by atoms with Crippen LogP contribution in [0.2, 0.25) is 0 Å². The molecule has 8 nitrogen and oxygen atoms in total. The smallest absolute Gasteiger partial charge is 0.252 e. The van der Waals surface area contributed by atoms with Crippen molar-refractivity contribution < 1.29 is 8.42 Å². The van der Waals surface area contributed by atoms with Crippen LogP contribution in [0.25, 0.3) is 11.0 Å². The first-order valence-corrected chi connectivity index (χ1v) is 14.4. The molecule has 9 heteroatoms. The minimum atomic E-state index is -3.54. The number of benzene rings is 1. The van der Waals surface area contributed by atoms with Gasteiger partial charge in [-0.25, -0.2) is 13.4 Å². The van der Waals surface area contributed by atoms with E-state index >= 15 is 0 Å². The number of fused-ring (bicyclic) bond motifs is 1. The molecule has 1 aromatic carbocycles. The molecule has 1 N–H and O–H groups in total. The van der Waals surface area contributed by atoms with E-state index in [1.807, 2.05) is 6.92 Å². The van der Waals surface area contributed by atoms with Gasteiger partial charge in [0.25, 0.3) is 5.56 Å². The molecule has 3 heterocycles. The molecule has 36 heavy (non-hydrogen) atoms. The highest BCUT2D eigenvalue weighted by Gasteiger charge is 2.30. The number of rotatable bonds is 6. The Balaban J connectivity index is 1.39. The Bertz CT molecular complexity index is 1420. The summed E-state index contributed by atoms with van der Waals surface area (Å²) in [5.41, 5.74) is 2.12. The molecule has 192 valence electrons. The van der Waals surface area contributed by atoms with Crippen LogP contribution in [0.4, 0.5) is 11.6 Å². The molecule has 0 spiro atoms. The largest absolute Gasteiger partial charge is 0.324 e. The number of nitrogens with one attached hydrogen (secondary N) is 1. The van der Waals surface area contributed by atoms with Gasteiger partial charge in [0.1, 0.15) is 5.65 Å². The third-order valence-corrected chi connectivity index (χ3v) is 9.78. The van der Waals surface area contributed by atoms with Crippen molar-refractivity contribution in [3.05, 3.63) is 52.4 Å². The molecule has 1 aliphatic heterocycles. The van der Waals surface area contributed by atoms with Gasteiger partial charge in [0.2, 0.25) is 16.0 Å². The molecule has 2 aromatic heterocycles. The van der Waals surface area contributed by atoms with Gasteiger partial charge >= 0.3 is 0 Å². The Morgan fingerprint density at radius 3 is 2.42 bits per heavy atom. The summed E-state index contributed by atoms with van der Waals surface area (Å²) in [6, 6.07) is 8.65. The second kappa shape index (κ2) is 9.94. The fraction of sp³-hybridized carbons (Fsp3) is 0.519. The molecule has 0 atom stereocenters. The zero-order valence-electron chi connectivity index (χ0n) is 21.3. The number of hydrogen-bond donors (Lipinski definition) is 1. The molecule has 1 saturated heterocycles. The lowest BCUT2D eigenvalue weighted by Crippen LogP contribution is -2.39. The lowest BCUT2D eigenvalue weighted by atomic mass is 9.87. The van der Waals surface area contributed by atoms with Gasteiger partial charge < -0.3 is 5.32 Å². The van der Waals surface area contributed by atoms with Gasteiger partial charge in [0.05, 0.1) is 4.90 Å². The predicted octanol–water partition coefficient (Wildman–Crippen LogP) is 5.02. The van der Waals surface area contributed by atoms with Gasteiger partial charge in [-0.15, -0.1) is 0 Å². The first-order valence-electron chi connectivity index (χ1n) is 13.0. The number of nitrogens with zero attached hydrogens (tertiary/aromatic N) is 4. The molecular formula is C27H35N5O3S. The van der Waals surface area contributed by atoms with Crippen molar-refractivity contribution in [3.63, 3.8) is 0 Å². The van der Waals surface area contributed by atoms with Crippen LogP contribution < -0.4 is 10.9 Å². The molecule has 2 aliphatic rings. The summed E-state index contributed by atoms with van der Waals surface area (Å²) in [4.78, 5) is 22.1. The number of aryl methyl sites for hydroxylation is 1. The van der Waals surface area contributed by atoms with Crippen molar-refractivity contribution in [2.24, 2.45) is 11.8 Å². The summed E-state index contributed by atoms with van der Waals surface area (Å²) in [5, 5.41) is 4.06. The summed E-state index contributed by atoms with van der Waals surface area (Å²) in [6.45, 7) is 7.42. The normalized spacial score (nSPS) is 18.3. The molecule has 0 radical (unpaired) electrons. The van der Waals surface area contributed by atoms with Crippen molar-refractivity contribution in [1.29, 1.82) is 0 Å². The Labute approximate surface area is 212 Å². The Hall–Kier alpha value is -2.78. The Morgan fingerprint density at radius 1 is 1.03 bits per heavy atom. The summed E-state index contributed by atoms with van der Waals surface area (Å²) in [5.74, 6) is 1.54. The lowest BCUT2D eigenvalue weighted by molar-refractivity contribution is 0.226. The highest BCUT2D eigenvalue weighted by Crippen LogP contribution is 2.32. The first kappa shape index (κ1) is 24.9. The van der Waals surface area contributed by atoms with Crippen molar-refractivity contribution in [2.75, 3.05) is 18.4 Å². The van der Waals surface area contributed by atoms with E-state index in [-0.39, 0.29) is 11.6 Å². The van der Waals surface area contributed by atoms with Gasteiger partial charge in [-0.2, -0.15) is 9.29 Å². The maximum absolute atomic E-state index is 13.3. The Morgan fingerprint density at radius 2 is 1.75 bits per heavy atom. The fourth-order valence-corrected chi connectivity index (χ4v) is 7.16. The highest BCUT2D eigenvalue weighted by molar-refractivity contribution is 7.89. The molecule has 2 fully saturated rings. The second-order valence-corrected chi connectivity index (χ2v) is 12.5. The second-order valence-electron chi connectivity index (χ2n) is 10.5. The fourth-order valence-electron chi connectivity index (χ4n) is 5.60. The van der Waals surface area contributed by atoms with Crippen LogP contribution in [0.3, 0.4) is 0 Å². The first-order chi connectivity index (χ1) is 17.2. The lowest BCUT2D eigenvalue weighted by Gasteiger charge is -2.33. The van der Waals surface area contributed by atoms with Crippen molar-refractivity contribution in [1.82, 2.24) is 18.8 Å². The number of pyridine rings is 1. The van der Waals surface area contributed by atoms with E-state index in [0.29, 0.717) is 41.4 Å². The van der Waals surface area contributed by atoms with Crippen LogP contribution in [0, 0.1) is 18.8 Å². The minimum absolute atomic E-state index is 0.0396. The van der Waals surface area contributed by atoms with Crippen molar-refractivity contribution in [2.45, 2.75) is 70.2 Å². The summed E-state index contributed by atoms with van der Waals surface area (Å²) < 4.78 is 30.0. The molecule has 0 amide bonds. The van der Waals surface area contributed by atoms with Crippen LogP contribution in [0.15, 0.2) is 46.2 Å². The standard InChI is InChI=1S/C27H35N5O3S/c1-18(2)20-12-14-31(15-13-20)36(34,35)23-9-10-24(19(3)16-23)29-27-28-17-21-8-11-25(33)32(26(21)30-27)22-6-4-5-7-22/h8-11,16-18,20,22H,4-7,12-15H2,1-3H3,(H,28,29,30). The SMILES string of the molecule is Cc1cc(S(=O)(=O)N2CCC(C(C)C)CC2)ccc1Nc1ncc2ccc(=O)n(C3CCCC3)c2n1. The number of aromatic nitrogens is 3. The van der Waals surface area contributed by atoms with E-state index in [1.54, 1.807) is 45.4 Å². The Kier molecular flexibility index (Phi) is 6.87. The van der Waals surface area contributed by atoms with E-state index in [4.69, 9.17) is 4.98 Å². The van der Waals surface area contributed by atoms with Crippen molar-refractivity contribution in [3.8, 4) is 0 Å². The highest BCUT2D eigenvalue weighted by atomic mass is 32.2. The summed E-state index contributed by atoms with van der Waals surface area (Å²) >= 11 is 0. The number of sulfonamides is 1. The van der Waals surface area contributed by atoms with Gasteiger partial charge in [-0.05, 0) is 74.3 Å². The van der Waals surface area contributed by atoms with Crippen LogP contribution in [0.5, 0.6) is 0 Å². The quantitative estimate of drug-likeness (QED) is 0.501. The van der Waals surface area contributed by atoms with E-state index in [0.717, 1.165) is 55.2 Å². The van der Waals surface area contributed by atoms with E-state index < -0.39 is 10.0 Å². The van der Waals surface area contributed by atoms with Crippen LogP contribution in [0.1, 0.15) is 64.0 Å². The maximum Gasteiger partial charge on any atom is 0.252 e. The van der Waals surface area contributed by atoms with Gasteiger partial charge in [0, 0.05) is 42.5 Å². The van der Waals surface area contributed by atoms with Crippen LogP contribution in [-0.4, -0.2) is 40.3 Å². The average Bonchev–Trinajstić information content (AvgIpc) is 3.39. The van der Waals surface area contributed by atoms with Crippen LogP contribution >= 0.6 is 0 Å². The molecule has 0 unspecified atom stereocenters. The van der Waals surface area contributed by atoms with Gasteiger partial charge in [-0.1, -0.05) is 26.7 Å². The summed E-state index contributed by atoms with van der Waals surface area (Å²) in [6.07, 6.45) is 7.74. The zero-order valence-corrected chi connectivity index (χ0v) is 22.1.